The van der Waals surface area contributed by atoms with E-state index in [9.17, 15) is 4.79 Å². The van der Waals surface area contributed by atoms with Gasteiger partial charge in [-0.2, -0.15) is 0 Å². The van der Waals surface area contributed by atoms with Gasteiger partial charge in [0.05, 0.1) is 0 Å². The normalized spacial score (nSPS) is 18.3. The molecule has 5 nitrogen and oxygen atoms in total. The van der Waals surface area contributed by atoms with Crippen molar-refractivity contribution in [1.82, 2.24) is 4.90 Å². The highest BCUT2D eigenvalue weighted by atomic mass is 16.5. The number of piperidine rings is 1. The molecule has 1 amide bonds. The lowest BCUT2D eigenvalue weighted by Gasteiger charge is -2.29. The van der Waals surface area contributed by atoms with E-state index in [0.29, 0.717) is 0 Å². The molecule has 1 N–H and O–H groups in total. The van der Waals surface area contributed by atoms with Gasteiger partial charge in [0, 0.05) is 18.8 Å². The fourth-order valence-electron chi connectivity index (χ4n) is 4.20. The highest BCUT2D eigenvalue weighted by Crippen LogP contribution is 2.26. The molecule has 0 aromatic heterocycles. The fourth-order valence-corrected chi connectivity index (χ4v) is 4.20. The van der Waals surface area contributed by atoms with Crippen molar-refractivity contribution in [2.24, 2.45) is 0 Å². The van der Waals surface area contributed by atoms with Crippen molar-refractivity contribution in [2.75, 3.05) is 25.5 Å². The van der Waals surface area contributed by atoms with Crippen LogP contribution in [-0.4, -0.2) is 43.2 Å². The number of anilines is 1. The van der Waals surface area contributed by atoms with Gasteiger partial charge in [-0.05, 0) is 100 Å². The Morgan fingerprint density at radius 3 is 2.40 bits per heavy atom. The number of likely N-dealkylation sites (tertiary alicyclic amines) is 1. The summed E-state index contributed by atoms with van der Waals surface area (Å²) in [6, 6.07) is 13.8. The Hall–Kier alpha value is -2.53. The van der Waals surface area contributed by atoms with Crippen LogP contribution in [0.1, 0.15) is 43.7 Å². The highest BCUT2D eigenvalue weighted by molar-refractivity contribution is 5.94. The number of rotatable bonds is 6. The topological polar surface area (TPSA) is 50.8 Å². The number of nitrogens with one attached hydrogen (secondary N) is 1. The van der Waals surface area contributed by atoms with E-state index < -0.39 is 6.10 Å². The van der Waals surface area contributed by atoms with Crippen molar-refractivity contribution in [3.63, 3.8) is 0 Å². The van der Waals surface area contributed by atoms with Crippen molar-refractivity contribution >= 4 is 11.6 Å². The molecule has 160 valence electrons. The maximum atomic E-state index is 12.6. The summed E-state index contributed by atoms with van der Waals surface area (Å²) in [5.41, 5.74) is 3.51. The molecule has 2 aromatic carbocycles. The van der Waals surface area contributed by atoms with Crippen LogP contribution in [0, 0.1) is 0 Å². The summed E-state index contributed by atoms with van der Waals surface area (Å²) < 4.78 is 12.0. The second-order valence-corrected chi connectivity index (χ2v) is 8.53. The molecular formula is C25H32N2O3. The molecule has 1 atom stereocenters. The lowest BCUT2D eigenvalue weighted by atomic mass is 9.92. The van der Waals surface area contributed by atoms with Crippen molar-refractivity contribution < 1.29 is 14.3 Å². The molecular weight excluding hydrogens is 376 g/mol. The maximum Gasteiger partial charge on any atom is 0.265 e. The Labute approximate surface area is 179 Å². The van der Waals surface area contributed by atoms with Crippen LogP contribution in [0.25, 0.3) is 0 Å². The Balaban J connectivity index is 1.28. The molecule has 0 unspecified atom stereocenters. The van der Waals surface area contributed by atoms with E-state index in [1.807, 2.05) is 30.3 Å². The van der Waals surface area contributed by atoms with Gasteiger partial charge in [-0.3, -0.25) is 4.79 Å². The van der Waals surface area contributed by atoms with Crippen molar-refractivity contribution in [1.29, 1.82) is 0 Å². The molecule has 1 fully saturated rings. The molecule has 2 aromatic rings. The average Bonchev–Trinajstić information content (AvgIpc) is 2.76. The zero-order valence-corrected chi connectivity index (χ0v) is 18.0. The molecule has 0 saturated carbocycles. The zero-order valence-electron chi connectivity index (χ0n) is 18.0. The van der Waals surface area contributed by atoms with Crippen LogP contribution in [0.5, 0.6) is 11.5 Å². The number of carbonyl (C=O) groups excluding carboxylic acids is 1. The molecule has 5 heteroatoms. The van der Waals surface area contributed by atoms with Gasteiger partial charge in [-0.25, -0.2) is 0 Å². The van der Waals surface area contributed by atoms with Gasteiger partial charge in [-0.1, -0.05) is 6.07 Å². The molecule has 0 radical (unpaired) electrons. The smallest absolute Gasteiger partial charge is 0.265 e. The maximum absolute atomic E-state index is 12.6. The molecule has 0 bridgehead atoms. The zero-order chi connectivity index (χ0) is 20.9. The Bertz CT molecular complexity index is 857. The van der Waals surface area contributed by atoms with Gasteiger partial charge in [0.15, 0.2) is 6.10 Å². The van der Waals surface area contributed by atoms with Gasteiger partial charge in [0.2, 0.25) is 0 Å². The third-order valence-electron chi connectivity index (χ3n) is 6.09. The predicted molar refractivity (Wildman–Crippen MR) is 119 cm³/mol. The lowest BCUT2D eigenvalue weighted by molar-refractivity contribution is -0.122. The summed E-state index contributed by atoms with van der Waals surface area (Å²) in [6.45, 7) is 3.92. The highest BCUT2D eigenvalue weighted by Gasteiger charge is 2.19. The molecule has 2 aliphatic rings. The number of amides is 1. The number of carbonyl (C=O) groups is 1. The van der Waals surface area contributed by atoms with Crippen LogP contribution < -0.4 is 14.8 Å². The summed E-state index contributed by atoms with van der Waals surface area (Å²) in [4.78, 5) is 14.9. The Morgan fingerprint density at radius 2 is 1.67 bits per heavy atom. The minimum atomic E-state index is -0.568. The molecule has 1 aliphatic carbocycles. The van der Waals surface area contributed by atoms with E-state index in [-0.39, 0.29) is 12.0 Å². The molecule has 1 aliphatic heterocycles. The number of aryl methyl sites for hydroxylation is 2. The molecule has 30 heavy (non-hydrogen) atoms. The number of hydrogen-bond donors (Lipinski definition) is 1. The first-order valence-corrected chi connectivity index (χ1v) is 11.1. The summed E-state index contributed by atoms with van der Waals surface area (Å²) >= 11 is 0. The minimum absolute atomic E-state index is 0.156. The summed E-state index contributed by atoms with van der Waals surface area (Å²) in [5.74, 6) is 1.46. The molecule has 1 heterocycles. The average molecular weight is 409 g/mol. The predicted octanol–water partition coefficient (Wildman–Crippen LogP) is 4.44. The number of fused-ring (bicyclic) bond motifs is 1. The van der Waals surface area contributed by atoms with Crippen LogP contribution in [-0.2, 0) is 17.6 Å². The summed E-state index contributed by atoms with van der Waals surface area (Å²) in [5, 5.41) is 2.93. The Kier molecular flexibility index (Phi) is 6.58. The van der Waals surface area contributed by atoms with Crippen LogP contribution in [0.2, 0.25) is 0 Å². The molecule has 0 spiro atoms. The first kappa shape index (κ1) is 20.7. The van der Waals surface area contributed by atoms with Crippen LogP contribution in [0.3, 0.4) is 0 Å². The number of ether oxygens (including phenoxy) is 2. The van der Waals surface area contributed by atoms with E-state index in [1.54, 1.807) is 6.92 Å². The SMILES string of the molecule is C[C@H](Oc1ccc2c(c1)CCCC2)C(=O)Nc1ccc(OC2CCN(C)CC2)cc1. The van der Waals surface area contributed by atoms with E-state index in [4.69, 9.17) is 9.47 Å². The van der Waals surface area contributed by atoms with Gasteiger partial charge in [0.25, 0.3) is 5.91 Å². The quantitative estimate of drug-likeness (QED) is 0.768. The van der Waals surface area contributed by atoms with Gasteiger partial charge in [0.1, 0.15) is 17.6 Å². The summed E-state index contributed by atoms with van der Waals surface area (Å²) in [6.07, 6.45) is 6.52. The second-order valence-electron chi connectivity index (χ2n) is 8.53. The summed E-state index contributed by atoms with van der Waals surface area (Å²) in [7, 11) is 2.14. The van der Waals surface area contributed by atoms with Gasteiger partial charge in [-0.15, -0.1) is 0 Å². The van der Waals surface area contributed by atoms with Crippen LogP contribution in [0.15, 0.2) is 42.5 Å². The molecule has 1 saturated heterocycles. The van der Waals surface area contributed by atoms with Crippen LogP contribution >= 0.6 is 0 Å². The van der Waals surface area contributed by atoms with E-state index >= 15 is 0 Å². The first-order chi connectivity index (χ1) is 14.6. The standard InChI is InChI=1S/C25H32N2O3/c1-18(29-24-10-7-19-5-3-4-6-20(19)17-24)25(28)26-21-8-11-22(12-9-21)30-23-13-15-27(2)16-14-23/h7-12,17-18,23H,3-6,13-16H2,1-2H3,(H,26,28)/t18-/m0/s1. The van der Waals surface area contributed by atoms with Crippen molar-refractivity contribution in [2.45, 2.75) is 57.7 Å². The van der Waals surface area contributed by atoms with E-state index in [0.717, 1.165) is 56.0 Å². The second kappa shape index (κ2) is 9.52. The first-order valence-electron chi connectivity index (χ1n) is 11.1. The fraction of sp³-hybridized carbons (Fsp3) is 0.480. The molecule has 4 rings (SSSR count). The van der Waals surface area contributed by atoms with Gasteiger partial charge < -0.3 is 19.7 Å². The monoisotopic (exact) mass is 408 g/mol. The van der Waals surface area contributed by atoms with Crippen molar-refractivity contribution in [3.05, 3.63) is 53.6 Å². The largest absolute Gasteiger partial charge is 0.490 e. The third-order valence-corrected chi connectivity index (χ3v) is 6.09. The Morgan fingerprint density at radius 1 is 1.00 bits per heavy atom. The number of nitrogens with zero attached hydrogens (tertiary/aromatic N) is 1. The lowest BCUT2D eigenvalue weighted by Crippen LogP contribution is -2.35. The van der Waals surface area contributed by atoms with Gasteiger partial charge >= 0.3 is 0 Å². The van der Waals surface area contributed by atoms with Crippen LogP contribution in [0.4, 0.5) is 5.69 Å². The minimum Gasteiger partial charge on any atom is -0.490 e. The van der Waals surface area contributed by atoms with E-state index in [1.165, 1.54) is 24.0 Å². The number of hydrogen-bond acceptors (Lipinski definition) is 4. The number of benzene rings is 2. The third kappa shape index (κ3) is 5.33. The van der Waals surface area contributed by atoms with Crippen molar-refractivity contribution in [3.8, 4) is 11.5 Å². The van der Waals surface area contributed by atoms with E-state index in [2.05, 4.69) is 29.4 Å².